The molecule has 1 atom stereocenters. The molecular formula is C22H31ClN2O2. The van der Waals surface area contributed by atoms with Gasteiger partial charge in [-0.1, -0.05) is 31.2 Å². The Bertz CT molecular complexity index is 719. The number of halogens is 1. The zero-order valence-corrected chi connectivity index (χ0v) is 18.0. The number of hydrogen-bond donors (Lipinski definition) is 1. The number of nitrogens with zero attached hydrogens (tertiary/aromatic N) is 1. The molecule has 0 saturated carbocycles. The van der Waals surface area contributed by atoms with Gasteiger partial charge in [0.15, 0.2) is 0 Å². The van der Waals surface area contributed by atoms with Gasteiger partial charge in [-0.2, -0.15) is 0 Å². The summed E-state index contributed by atoms with van der Waals surface area (Å²) in [5.74, 6) is 0.417. The van der Waals surface area contributed by atoms with E-state index >= 15 is 0 Å². The third kappa shape index (κ3) is 7.59. The first-order chi connectivity index (χ1) is 12.6. The maximum Gasteiger partial charge on any atom is 0.411 e. The highest BCUT2D eigenvalue weighted by atomic mass is 35.5. The van der Waals surface area contributed by atoms with Crippen LogP contribution in [-0.4, -0.2) is 23.8 Å². The molecule has 0 saturated heterocycles. The normalized spacial score (nSPS) is 19.5. The predicted octanol–water partition coefficient (Wildman–Crippen LogP) is 6.08. The zero-order chi connectivity index (χ0) is 20.6. The van der Waals surface area contributed by atoms with E-state index < -0.39 is 11.7 Å². The Morgan fingerprint density at radius 3 is 2.67 bits per heavy atom. The van der Waals surface area contributed by atoms with Gasteiger partial charge in [0.25, 0.3) is 0 Å². The van der Waals surface area contributed by atoms with Crippen LogP contribution in [0.25, 0.3) is 0 Å². The standard InChI is InChI=1S/C22H31ClN2O2/c1-8-11-24-14-19(16(3)13-23)18-9-10-20(17(4)15(2)12-18)25-21(26)27-22(5,6)7/h8-11,14,17H,2,12-13H2,1,3-7H3,(H,25,26)/b11-8+,19-16-,24-14-. The van der Waals surface area contributed by atoms with Gasteiger partial charge in [-0.3, -0.25) is 10.3 Å². The number of carbonyl (C=O) groups is 1. The molecule has 0 fully saturated rings. The van der Waals surface area contributed by atoms with Gasteiger partial charge in [0.1, 0.15) is 5.60 Å². The van der Waals surface area contributed by atoms with Crippen LogP contribution < -0.4 is 5.32 Å². The molecule has 0 aliphatic heterocycles. The zero-order valence-electron chi connectivity index (χ0n) is 17.2. The summed E-state index contributed by atoms with van der Waals surface area (Å²) in [6.07, 6.45) is 9.55. The average molecular weight is 391 g/mol. The van der Waals surface area contributed by atoms with Crippen molar-refractivity contribution >= 4 is 23.9 Å². The van der Waals surface area contributed by atoms with Crippen molar-refractivity contribution in [2.75, 3.05) is 5.88 Å². The lowest BCUT2D eigenvalue weighted by Crippen LogP contribution is -2.33. The first kappa shape index (κ1) is 23.0. The first-order valence-corrected chi connectivity index (χ1v) is 9.61. The summed E-state index contributed by atoms with van der Waals surface area (Å²) >= 11 is 6.07. The van der Waals surface area contributed by atoms with Crippen LogP contribution in [0, 0.1) is 5.92 Å². The highest BCUT2D eigenvalue weighted by Gasteiger charge is 2.22. The highest BCUT2D eigenvalue weighted by Crippen LogP contribution is 2.31. The summed E-state index contributed by atoms with van der Waals surface area (Å²) in [6.45, 7) is 15.7. The van der Waals surface area contributed by atoms with Crippen molar-refractivity contribution in [1.29, 1.82) is 0 Å². The fraction of sp³-hybridized carbons (Fsp3) is 0.455. The fourth-order valence-electron chi connectivity index (χ4n) is 2.51. The lowest BCUT2D eigenvalue weighted by atomic mass is 9.91. The number of aliphatic imine (C=N–C) groups is 1. The number of nitrogens with one attached hydrogen (secondary N) is 1. The molecule has 148 valence electrons. The van der Waals surface area contributed by atoms with E-state index in [1.165, 1.54) is 0 Å². The summed E-state index contributed by atoms with van der Waals surface area (Å²) < 4.78 is 5.36. The SMILES string of the molecule is C=C1CC(C(/C=N\C=C\C)=C(/C)CCl)=CC=C(NC(=O)OC(C)(C)C)C1C. The van der Waals surface area contributed by atoms with E-state index in [2.05, 4.69) is 16.9 Å². The van der Waals surface area contributed by atoms with E-state index in [0.717, 1.165) is 28.0 Å². The molecular weight excluding hydrogens is 360 g/mol. The van der Waals surface area contributed by atoms with Crippen LogP contribution in [0.3, 0.4) is 0 Å². The van der Waals surface area contributed by atoms with Crippen molar-refractivity contribution in [3.8, 4) is 0 Å². The predicted molar refractivity (Wildman–Crippen MR) is 115 cm³/mol. The molecule has 0 radical (unpaired) electrons. The van der Waals surface area contributed by atoms with Crippen molar-refractivity contribution in [1.82, 2.24) is 5.32 Å². The summed E-state index contributed by atoms with van der Waals surface area (Å²) in [6, 6.07) is 0. The van der Waals surface area contributed by atoms with Crippen molar-refractivity contribution in [3.63, 3.8) is 0 Å². The van der Waals surface area contributed by atoms with E-state index in [1.54, 1.807) is 6.20 Å². The van der Waals surface area contributed by atoms with Crippen molar-refractivity contribution < 1.29 is 9.53 Å². The van der Waals surface area contributed by atoms with Crippen LogP contribution in [0.4, 0.5) is 4.79 Å². The molecule has 0 aromatic carbocycles. The van der Waals surface area contributed by atoms with E-state index in [4.69, 9.17) is 16.3 Å². The molecule has 0 aromatic rings. The first-order valence-electron chi connectivity index (χ1n) is 9.07. The number of alkyl carbamates (subject to hydrolysis) is 1. The molecule has 1 unspecified atom stereocenters. The minimum atomic E-state index is -0.548. The van der Waals surface area contributed by atoms with E-state index in [9.17, 15) is 4.79 Å². The summed E-state index contributed by atoms with van der Waals surface area (Å²) in [5.41, 5.74) is 4.31. The Labute approximate surface area is 168 Å². The summed E-state index contributed by atoms with van der Waals surface area (Å²) in [5, 5.41) is 2.86. The minimum absolute atomic E-state index is 0.00342. The molecule has 5 heteroatoms. The molecule has 27 heavy (non-hydrogen) atoms. The minimum Gasteiger partial charge on any atom is -0.444 e. The third-order valence-electron chi connectivity index (χ3n) is 4.05. The van der Waals surface area contributed by atoms with Crippen LogP contribution in [0.1, 0.15) is 48.0 Å². The quantitative estimate of drug-likeness (QED) is 0.351. The number of allylic oxidation sites excluding steroid dienone is 7. The van der Waals surface area contributed by atoms with E-state index in [-0.39, 0.29) is 5.92 Å². The van der Waals surface area contributed by atoms with Crippen LogP contribution in [0.15, 0.2) is 64.0 Å². The molecule has 1 aliphatic rings. The lowest BCUT2D eigenvalue weighted by Gasteiger charge is -2.22. The van der Waals surface area contributed by atoms with Gasteiger partial charge in [-0.15, -0.1) is 11.6 Å². The van der Waals surface area contributed by atoms with Crippen LogP contribution >= 0.6 is 11.6 Å². The largest absolute Gasteiger partial charge is 0.444 e. The van der Waals surface area contributed by atoms with Crippen molar-refractivity contribution in [2.24, 2.45) is 10.9 Å². The Kier molecular flexibility index (Phi) is 8.77. The molecule has 0 spiro atoms. The highest BCUT2D eigenvalue weighted by molar-refractivity contribution is 6.19. The lowest BCUT2D eigenvalue weighted by molar-refractivity contribution is 0.0542. The molecule has 1 N–H and O–H groups in total. The summed E-state index contributed by atoms with van der Waals surface area (Å²) in [4.78, 5) is 16.5. The molecule has 1 rings (SSSR count). The fourth-order valence-corrected chi connectivity index (χ4v) is 2.65. The van der Waals surface area contributed by atoms with Crippen LogP contribution in [-0.2, 0) is 4.74 Å². The second kappa shape index (κ2) is 10.3. The van der Waals surface area contributed by atoms with Gasteiger partial charge in [-0.05, 0) is 63.8 Å². The van der Waals surface area contributed by atoms with Crippen LogP contribution in [0.5, 0.6) is 0 Å². The van der Waals surface area contributed by atoms with Crippen molar-refractivity contribution in [2.45, 2.75) is 53.6 Å². The molecule has 0 bridgehead atoms. The molecule has 1 amide bonds. The Balaban J connectivity index is 3.20. The number of ether oxygens (including phenoxy) is 1. The van der Waals surface area contributed by atoms with Gasteiger partial charge in [0, 0.05) is 29.9 Å². The Hall–Kier alpha value is -2.07. The maximum absolute atomic E-state index is 12.2. The van der Waals surface area contributed by atoms with E-state index in [1.807, 2.05) is 66.0 Å². The molecule has 1 aliphatic carbocycles. The van der Waals surface area contributed by atoms with Crippen molar-refractivity contribution in [3.05, 3.63) is 59.0 Å². The third-order valence-corrected chi connectivity index (χ3v) is 4.45. The van der Waals surface area contributed by atoms with E-state index in [0.29, 0.717) is 12.3 Å². The Morgan fingerprint density at radius 1 is 1.44 bits per heavy atom. The van der Waals surface area contributed by atoms with Gasteiger partial charge >= 0.3 is 6.09 Å². The van der Waals surface area contributed by atoms with Gasteiger partial charge < -0.3 is 4.74 Å². The molecule has 4 nitrogen and oxygen atoms in total. The smallest absolute Gasteiger partial charge is 0.411 e. The second-order valence-electron chi connectivity index (χ2n) is 7.59. The van der Waals surface area contributed by atoms with Gasteiger partial charge in [-0.25, -0.2) is 4.79 Å². The number of carbonyl (C=O) groups excluding carboxylic acids is 1. The second-order valence-corrected chi connectivity index (χ2v) is 7.85. The number of amides is 1. The van der Waals surface area contributed by atoms with Gasteiger partial charge in [0.05, 0.1) is 0 Å². The van der Waals surface area contributed by atoms with Gasteiger partial charge in [0.2, 0.25) is 0 Å². The number of rotatable bonds is 5. The number of alkyl halides is 1. The topological polar surface area (TPSA) is 50.7 Å². The summed E-state index contributed by atoms with van der Waals surface area (Å²) in [7, 11) is 0. The maximum atomic E-state index is 12.2. The average Bonchev–Trinajstić information content (AvgIpc) is 2.70. The monoisotopic (exact) mass is 390 g/mol. The molecule has 0 aromatic heterocycles. The number of hydrogen-bond acceptors (Lipinski definition) is 3. The van der Waals surface area contributed by atoms with Crippen LogP contribution in [0.2, 0.25) is 0 Å². The molecule has 0 heterocycles. The Morgan fingerprint density at radius 2 is 2.11 bits per heavy atom.